The van der Waals surface area contributed by atoms with Crippen molar-refractivity contribution in [3.8, 4) is 10.4 Å². The second kappa shape index (κ2) is 18.0. The van der Waals surface area contributed by atoms with Gasteiger partial charge in [0.05, 0.1) is 15.3 Å². The highest BCUT2D eigenvalue weighted by atomic mass is 32.2. The summed E-state index contributed by atoms with van der Waals surface area (Å²) in [5.74, 6) is 0.767. The molecule has 0 bridgehead atoms. The molecular weight excluding hydrogens is 777 g/mol. The minimum atomic E-state index is -4.25. The monoisotopic (exact) mass is 822 g/mol. The molecule has 1 aliphatic rings. The standard InChI is InChI=1S/C42H46N8O4S3/c1-30-13-18-41(56-30)36-12-8-7-9-31(36)27-48-21-23-49(24-22-48)33-14-16-37-39(25-33)43-29-44-42(37)46-57(53,54)35-15-17-38(40(26-35)50(51)52)45-32(19-20-47(2)3)28-55-34-10-5-4-6-11-34/h4-18,25-26,29,32,45H,19-24,27-28H2,1-3H3,(H,43,44,46)/t32-/m1/s1. The van der Waals surface area contributed by atoms with Crippen LogP contribution < -0.4 is 14.9 Å². The molecule has 1 aliphatic heterocycles. The molecule has 0 aliphatic carbocycles. The molecule has 57 heavy (non-hydrogen) atoms. The van der Waals surface area contributed by atoms with Gasteiger partial charge in [-0.05, 0) is 99.7 Å². The normalized spacial score (nSPS) is 14.2. The zero-order chi connectivity index (χ0) is 39.9. The lowest BCUT2D eigenvalue weighted by Crippen LogP contribution is -2.46. The van der Waals surface area contributed by atoms with Crippen LogP contribution in [0.15, 0.2) is 119 Å². The summed E-state index contributed by atoms with van der Waals surface area (Å²) in [7, 11) is -0.296. The lowest BCUT2D eigenvalue weighted by atomic mass is 10.1. The molecule has 0 spiro atoms. The van der Waals surface area contributed by atoms with E-state index in [0.717, 1.165) is 62.3 Å². The number of fused-ring (bicyclic) bond motifs is 1. The smallest absolute Gasteiger partial charge is 0.293 e. The highest BCUT2D eigenvalue weighted by Crippen LogP contribution is 2.34. The molecule has 2 N–H and O–H groups in total. The first-order valence-corrected chi connectivity index (χ1v) is 22.1. The highest BCUT2D eigenvalue weighted by molar-refractivity contribution is 7.99. The van der Waals surface area contributed by atoms with Crippen molar-refractivity contribution >= 4 is 66.9 Å². The van der Waals surface area contributed by atoms with Gasteiger partial charge in [0.25, 0.3) is 15.7 Å². The minimum Gasteiger partial charge on any atom is -0.376 e. The van der Waals surface area contributed by atoms with E-state index in [0.29, 0.717) is 16.7 Å². The van der Waals surface area contributed by atoms with Crippen LogP contribution in [0.4, 0.5) is 22.9 Å². The quantitative estimate of drug-likeness (QED) is 0.0555. The maximum atomic E-state index is 13.7. The van der Waals surface area contributed by atoms with Crippen LogP contribution >= 0.6 is 23.1 Å². The Morgan fingerprint density at radius 3 is 2.44 bits per heavy atom. The van der Waals surface area contributed by atoms with Crippen molar-refractivity contribution in [3.05, 3.63) is 130 Å². The molecule has 0 unspecified atom stereocenters. The Morgan fingerprint density at radius 2 is 1.70 bits per heavy atom. The summed E-state index contributed by atoms with van der Waals surface area (Å²) in [6.45, 7) is 7.25. The van der Waals surface area contributed by atoms with Gasteiger partial charge in [0.2, 0.25) is 0 Å². The van der Waals surface area contributed by atoms with Crippen LogP contribution in [0.25, 0.3) is 21.3 Å². The van der Waals surface area contributed by atoms with E-state index in [9.17, 15) is 18.5 Å². The van der Waals surface area contributed by atoms with Crippen molar-refractivity contribution in [3.63, 3.8) is 0 Å². The third-order valence-electron chi connectivity index (χ3n) is 9.96. The van der Waals surface area contributed by atoms with Gasteiger partial charge >= 0.3 is 0 Å². The number of aromatic nitrogens is 2. The number of thiophene rings is 1. The van der Waals surface area contributed by atoms with Gasteiger partial charge in [-0.3, -0.25) is 19.7 Å². The van der Waals surface area contributed by atoms with Gasteiger partial charge in [-0.2, -0.15) is 0 Å². The van der Waals surface area contributed by atoms with Crippen LogP contribution in [0.1, 0.15) is 16.9 Å². The molecule has 0 amide bonds. The van der Waals surface area contributed by atoms with Crippen LogP contribution in [-0.2, 0) is 16.6 Å². The summed E-state index contributed by atoms with van der Waals surface area (Å²) in [6.07, 6.45) is 2.06. The Labute approximate surface area is 342 Å². The number of aryl methyl sites for hydroxylation is 1. The van der Waals surface area contributed by atoms with Crippen molar-refractivity contribution in [2.24, 2.45) is 0 Å². The first kappa shape index (κ1) is 40.1. The molecule has 2 aromatic heterocycles. The molecule has 1 fully saturated rings. The predicted molar refractivity (Wildman–Crippen MR) is 233 cm³/mol. The second-order valence-electron chi connectivity index (χ2n) is 14.4. The number of nitrogens with one attached hydrogen (secondary N) is 2. The van der Waals surface area contributed by atoms with Gasteiger partial charge in [0.1, 0.15) is 12.0 Å². The Kier molecular flexibility index (Phi) is 12.7. The SMILES string of the molecule is Cc1ccc(-c2ccccc2CN2CCN(c3ccc4c(NS(=O)(=O)c5ccc(N[C@H](CCN(C)C)CSc6ccccc6)c([N+](=O)[O-])c5)ncnc4c3)CC2)s1. The van der Waals surface area contributed by atoms with Gasteiger partial charge < -0.3 is 15.1 Å². The molecule has 3 heterocycles. The number of hydrogen-bond acceptors (Lipinski definition) is 12. The number of thioether (sulfide) groups is 1. The van der Waals surface area contributed by atoms with E-state index in [-0.39, 0.29) is 28.1 Å². The number of nitro benzene ring substituents is 1. The Hall–Kier alpha value is -5.06. The maximum absolute atomic E-state index is 13.7. The molecule has 7 rings (SSSR count). The topological polar surface area (TPSA) is 137 Å². The van der Waals surface area contributed by atoms with E-state index in [1.54, 1.807) is 11.8 Å². The number of nitro groups is 1. The lowest BCUT2D eigenvalue weighted by molar-refractivity contribution is -0.384. The number of anilines is 3. The van der Waals surface area contributed by atoms with Crippen molar-refractivity contribution in [2.75, 3.05) is 67.5 Å². The van der Waals surface area contributed by atoms with Gasteiger partial charge in [-0.25, -0.2) is 18.4 Å². The first-order chi connectivity index (χ1) is 27.5. The summed E-state index contributed by atoms with van der Waals surface area (Å²) >= 11 is 3.48. The van der Waals surface area contributed by atoms with E-state index in [4.69, 9.17) is 0 Å². The van der Waals surface area contributed by atoms with Crippen molar-refractivity contribution in [1.29, 1.82) is 0 Å². The summed E-state index contributed by atoms with van der Waals surface area (Å²) in [6, 6.07) is 32.5. The molecule has 1 saturated heterocycles. The van der Waals surface area contributed by atoms with Gasteiger partial charge in [-0.1, -0.05) is 42.5 Å². The number of sulfonamides is 1. The molecule has 0 saturated carbocycles. The number of hydrogen-bond donors (Lipinski definition) is 2. The maximum Gasteiger partial charge on any atom is 0.293 e. The summed E-state index contributed by atoms with van der Waals surface area (Å²) in [5.41, 5.74) is 4.14. The Bertz CT molecular complexity index is 2440. The molecule has 6 aromatic rings. The van der Waals surface area contributed by atoms with Gasteiger partial charge in [0.15, 0.2) is 5.82 Å². The minimum absolute atomic E-state index is 0.0995. The van der Waals surface area contributed by atoms with Crippen molar-refractivity contribution < 1.29 is 13.3 Å². The van der Waals surface area contributed by atoms with E-state index in [1.165, 1.54) is 39.3 Å². The number of nitrogens with zero attached hydrogens (tertiary/aromatic N) is 6. The fourth-order valence-corrected chi connectivity index (χ4v) is 9.86. The van der Waals surface area contributed by atoms with E-state index in [1.807, 2.05) is 74.0 Å². The molecule has 4 aromatic carbocycles. The molecule has 1 atom stereocenters. The highest BCUT2D eigenvalue weighted by Gasteiger charge is 2.25. The van der Waals surface area contributed by atoms with Crippen LogP contribution in [0.5, 0.6) is 0 Å². The number of benzene rings is 4. The predicted octanol–water partition coefficient (Wildman–Crippen LogP) is 8.22. The van der Waals surface area contributed by atoms with Crippen LogP contribution in [0.2, 0.25) is 0 Å². The average molecular weight is 823 g/mol. The number of rotatable bonds is 16. The van der Waals surface area contributed by atoms with Crippen LogP contribution in [0, 0.1) is 17.0 Å². The zero-order valence-corrected chi connectivity index (χ0v) is 34.6. The first-order valence-electron chi connectivity index (χ1n) is 18.8. The Balaban J connectivity index is 1.02. The largest absolute Gasteiger partial charge is 0.376 e. The van der Waals surface area contributed by atoms with Crippen molar-refractivity contribution in [2.45, 2.75) is 35.7 Å². The number of piperazine rings is 1. The van der Waals surface area contributed by atoms with Crippen molar-refractivity contribution in [1.82, 2.24) is 19.8 Å². The molecular formula is C42H46N8O4S3. The Morgan fingerprint density at radius 1 is 0.930 bits per heavy atom. The second-order valence-corrected chi connectivity index (χ2v) is 18.4. The van der Waals surface area contributed by atoms with Gasteiger partial charge in [-0.15, -0.1) is 23.1 Å². The van der Waals surface area contributed by atoms with E-state index in [2.05, 4.69) is 78.0 Å². The van der Waals surface area contributed by atoms with Crippen LogP contribution in [0.3, 0.4) is 0 Å². The molecule has 15 heteroatoms. The molecule has 0 radical (unpaired) electrons. The lowest BCUT2D eigenvalue weighted by Gasteiger charge is -2.36. The fraction of sp³-hybridized carbons (Fsp3) is 0.286. The third-order valence-corrected chi connectivity index (χ3v) is 13.5. The molecule has 296 valence electrons. The summed E-state index contributed by atoms with van der Waals surface area (Å²) in [5, 5.41) is 16.2. The van der Waals surface area contributed by atoms with E-state index >= 15 is 0 Å². The van der Waals surface area contributed by atoms with E-state index < -0.39 is 14.9 Å². The van der Waals surface area contributed by atoms with Crippen LogP contribution in [-0.4, -0.2) is 91.7 Å². The average Bonchev–Trinajstić information content (AvgIpc) is 3.65. The fourth-order valence-electron chi connectivity index (χ4n) is 6.89. The third kappa shape index (κ3) is 10.1. The molecule has 12 nitrogen and oxygen atoms in total. The van der Waals surface area contributed by atoms with Gasteiger partial charge in [0, 0.05) is 76.3 Å². The summed E-state index contributed by atoms with van der Waals surface area (Å²) in [4.78, 5) is 30.8. The summed E-state index contributed by atoms with van der Waals surface area (Å²) < 4.78 is 30.0. The zero-order valence-electron chi connectivity index (χ0n) is 32.2.